The zero-order valence-electron chi connectivity index (χ0n) is 18.5. The molecule has 1 aromatic heterocycles. The Labute approximate surface area is 197 Å². The molecule has 3 N–H and O–H groups in total. The van der Waals surface area contributed by atoms with Crippen LogP contribution in [-0.4, -0.2) is 22.2 Å². The second-order valence-electron chi connectivity index (χ2n) is 7.86. The van der Waals surface area contributed by atoms with Crippen molar-refractivity contribution in [1.29, 1.82) is 5.26 Å². The molecule has 0 unspecified atom stereocenters. The molecule has 1 heterocycles. The minimum Gasteiger partial charge on any atom is -0.382 e. The van der Waals surface area contributed by atoms with Gasteiger partial charge in [-0.1, -0.05) is 60.7 Å². The molecule has 0 aliphatic rings. The Balaban J connectivity index is 1.43. The second kappa shape index (κ2) is 10.5. The molecule has 4 rings (SSSR count). The van der Waals surface area contributed by atoms with E-state index in [1.54, 1.807) is 12.1 Å². The Morgan fingerprint density at radius 2 is 1.59 bits per heavy atom. The van der Waals surface area contributed by atoms with Crippen LogP contribution in [0.4, 0.5) is 10.2 Å². The van der Waals surface area contributed by atoms with E-state index in [1.165, 1.54) is 16.8 Å². The first-order valence-electron chi connectivity index (χ1n) is 11.0. The zero-order chi connectivity index (χ0) is 23.9. The van der Waals surface area contributed by atoms with Gasteiger partial charge in [0.2, 0.25) is 5.91 Å². The minimum absolute atomic E-state index is 0.0886. The summed E-state index contributed by atoms with van der Waals surface area (Å²) in [6, 6.07) is 27.2. The number of aryl methyl sites for hydroxylation is 1. The summed E-state index contributed by atoms with van der Waals surface area (Å²) in [6.07, 6.45) is 1.04. The van der Waals surface area contributed by atoms with Crippen molar-refractivity contribution in [3.8, 4) is 11.8 Å². The van der Waals surface area contributed by atoms with E-state index in [0.29, 0.717) is 36.3 Å². The fourth-order valence-electron chi connectivity index (χ4n) is 3.91. The molecule has 1 amide bonds. The van der Waals surface area contributed by atoms with E-state index >= 15 is 0 Å². The van der Waals surface area contributed by atoms with Crippen LogP contribution < -0.4 is 11.1 Å². The highest BCUT2D eigenvalue weighted by molar-refractivity contribution is 5.87. The number of nitrogens with two attached hydrogens (primary N) is 1. The van der Waals surface area contributed by atoms with Crippen LogP contribution in [0.25, 0.3) is 5.69 Å². The first-order valence-corrected chi connectivity index (χ1v) is 11.0. The van der Waals surface area contributed by atoms with E-state index in [2.05, 4.69) is 16.5 Å². The third-order valence-electron chi connectivity index (χ3n) is 5.59. The van der Waals surface area contributed by atoms with E-state index in [0.717, 1.165) is 11.1 Å². The van der Waals surface area contributed by atoms with Gasteiger partial charge in [0.1, 0.15) is 23.3 Å². The fraction of sp³-hybridized carbons (Fsp3) is 0.148. The number of nitriles is 1. The summed E-state index contributed by atoms with van der Waals surface area (Å²) in [5.41, 5.74) is 9.37. The molecule has 0 saturated heterocycles. The number of aromatic nitrogens is 2. The van der Waals surface area contributed by atoms with Gasteiger partial charge in [-0.05, 0) is 48.2 Å². The second-order valence-corrected chi connectivity index (χ2v) is 7.86. The molecule has 6 nitrogen and oxygen atoms in total. The molecule has 0 bridgehead atoms. The van der Waals surface area contributed by atoms with Crippen LogP contribution in [0.1, 0.15) is 34.7 Å². The molecule has 170 valence electrons. The molecule has 0 aliphatic carbocycles. The largest absolute Gasteiger partial charge is 0.382 e. The van der Waals surface area contributed by atoms with Crippen molar-refractivity contribution in [3.05, 3.63) is 113 Å². The number of amides is 1. The lowest BCUT2D eigenvalue weighted by atomic mass is 9.90. The summed E-state index contributed by atoms with van der Waals surface area (Å²) in [7, 11) is 0. The SMILES string of the molecule is N#Cc1c(CCCNC(=O)C(c2ccccc2)c2ccccc2)nn(-c2ccc(F)cc2)c1N. The first kappa shape index (κ1) is 22.7. The van der Waals surface area contributed by atoms with Gasteiger partial charge in [0, 0.05) is 6.54 Å². The molecule has 0 spiro atoms. The predicted octanol–water partition coefficient (Wildman–Crippen LogP) is 4.35. The number of nitrogens with one attached hydrogen (secondary N) is 1. The van der Waals surface area contributed by atoms with Crippen molar-refractivity contribution in [2.75, 3.05) is 12.3 Å². The van der Waals surface area contributed by atoms with Crippen LogP contribution in [0.15, 0.2) is 84.9 Å². The number of halogens is 1. The predicted molar refractivity (Wildman–Crippen MR) is 129 cm³/mol. The average Bonchev–Trinajstić information content (AvgIpc) is 3.19. The van der Waals surface area contributed by atoms with E-state index < -0.39 is 5.92 Å². The Morgan fingerprint density at radius 3 is 2.15 bits per heavy atom. The lowest BCUT2D eigenvalue weighted by Crippen LogP contribution is -2.31. The van der Waals surface area contributed by atoms with E-state index in [1.807, 2.05) is 60.7 Å². The van der Waals surface area contributed by atoms with Gasteiger partial charge in [-0.3, -0.25) is 4.79 Å². The highest BCUT2D eigenvalue weighted by atomic mass is 19.1. The van der Waals surface area contributed by atoms with Gasteiger partial charge in [-0.2, -0.15) is 10.4 Å². The number of anilines is 1. The molecule has 0 aliphatic heterocycles. The van der Waals surface area contributed by atoms with Crippen LogP contribution in [0.5, 0.6) is 0 Å². The summed E-state index contributed by atoms with van der Waals surface area (Å²) < 4.78 is 14.7. The Hall–Kier alpha value is -4.44. The van der Waals surface area contributed by atoms with Crippen molar-refractivity contribution in [2.45, 2.75) is 18.8 Å². The molecular formula is C27H24FN5O. The molecule has 4 aromatic rings. The van der Waals surface area contributed by atoms with Gasteiger partial charge in [-0.25, -0.2) is 9.07 Å². The molecule has 7 heteroatoms. The molecule has 0 saturated carbocycles. The monoisotopic (exact) mass is 453 g/mol. The molecule has 0 radical (unpaired) electrons. The number of carbonyl (C=O) groups excluding carboxylic acids is 1. The average molecular weight is 454 g/mol. The van der Waals surface area contributed by atoms with Crippen LogP contribution in [0, 0.1) is 17.1 Å². The molecular weight excluding hydrogens is 429 g/mol. The summed E-state index contributed by atoms with van der Waals surface area (Å²) in [4.78, 5) is 13.1. The smallest absolute Gasteiger partial charge is 0.232 e. The maximum absolute atomic E-state index is 13.3. The standard InChI is InChI=1S/C27H24FN5O/c28-21-13-15-22(16-14-21)33-26(30)23(18-29)24(32-33)12-7-17-31-27(34)25(19-8-3-1-4-9-19)20-10-5-2-6-11-20/h1-6,8-11,13-16,25H,7,12,17,30H2,(H,31,34). The number of rotatable bonds is 8. The van der Waals surface area contributed by atoms with Crippen LogP contribution >= 0.6 is 0 Å². The van der Waals surface area contributed by atoms with Gasteiger partial charge in [-0.15, -0.1) is 0 Å². The number of hydrogen-bond donors (Lipinski definition) is 2. The third kappa shape index (κ3) is 4.97. The number of nitrogen functional groups attached to an aromatic ring is 1. The zero-order valence-corrected chi connectivity index (χ0v) is 18.5. The van der Waals surface area contributed by atoms with Crippen molar-refractivity contribution < 1.29 is 9.18 Å². The maximum Gasteiger partial charge on any atom is 0.232 e. The number of carbonyl (C=O) groups is 1. The summed E-state index contributed by atoms with van der Waals surface area (Å²) in [6.45, 7) is 0.420. The number of benzene rings is 3. The third-order valence-corrected chi connectivity index (χ3v) is 5.59. The fourth-order valence-corrected chi connectivity index (χ4v) is 3.91. The highest BCUT2D eigenvalue weighted by Gasteiger charge is 2.22. The Kier molecular flexibility index (Phi) is 6.99. The molecule has 3 aromatic carbocycles. The lowest BCUT2D eigenvalue weighted by molar-refractivity contribution is -0.121. The summed E-state index contributed by atoms with van der Waals surface area (Å²) in [5, 5.41) is 17.0. The van der Waals surface area contributed by atoms with E-state index in [4.69, 9.17) is 5.73 Å². The van der Waals surface area contributed by atoms with E-state index in [9.17, 15) is 14.4 Å². The lowest BCUT2D eigenvalue weighted by Gasteiger charge is -2.18. The van der Waals surface area contributed by atoms with E-state index in [-0.39, 0.29) is 17.5 Å². The van der Waals surface area contributed by atoms with Crippen molar-refractivity contribution in [2.24, 2.45) is 0 Å². The molecule has 0 atom stereocenters. The molecule has 34 heavy (non-hydrogen) atoms. The quantitative estimate of drug-likeness (QED) is 0.388. The van der Waals surface area contributed by atoms with Crippen molar-refractivity contribution in [3.63, 3.8) is 0 Å². The Morgan fingerprint density at radius 1 is 1.00 bits per heavy atom. The number of hydrogen-bond acceptors (Lipinski definition) is 4. The first-order chi connectivity index (χ1) is 16.6. The minimum atomic E-state index is -0.412. The van der Waals surface area contributed by atoms with Gasteiger partial charge in [0.15, 0.2) is 0 Å². The van der Waals surface area contributed by atoms with Crippen LogP contribution in [0.3, 0.4) is 0 Å². The van der Waals surface area contributed by atoms with Gasteiger partial charge in [0.25, 0.3) is 0 Å². The Bertz CT molecular complexity index is 1260. The van der Waals surface area contributed by atoms with Crippen molar-refractivity contribution in [1.82, 2.24) is 15.1 Å². The van der Waals surface area contributed by atoms with Crippen molar-refractivity contribution >= 4 is 11.7 Å². The van der Waals surface area contributed by atoms with Gasteiger partial charge < -0.3 is 11.1 Å². The van der Waals surface area contributed by atoms with Crippen LogP contribution in [-0.2, 0) is 11.2 Å². The topological polar surface area (TPSA) is 96.7 Å². The maximum atomic E-state index is 13.3. The number of nitrogens with zero attached hydrogens (tertiary/aromatic N) is 3. The summed E-state index contributed by atoms with van der Waals surface area (Å²) >= 11 is 0. The normalized spacial score (nSPS) is 10.7. The van der Waals surface area contributed by atoms with Gasteiger partial charge >= 0.3 is 0 Å². The van der Waals surface area contributed by atoms with Gasteiger partial charge in [0.05, 0.1) is 17.3 Å². The summed E-state index contributed by atoms with van der Waals surface area (Å²) in [5.74, 6) is -0.656. The van der Waals surface area contributed by atoms with Crippen LogP contribution in [0.2, 0.25) is 0 Å². The highest BCUT2D eigenvalue weighted by Crippen LogP contribution is 2.25. The molecule has 0 fully saturated rings.